The second-order valence-electron chi connectivity index (χ2n) is 5.49. The smallest absolute Gasteiger partial charge is 0.328 e. The summed E-state index contributed by atoms with van der Waals surface area (Å²) in [6, 6.07) is 5.84. The maximum Gasteiger partial charge on any atom is 0.328 e. The van der Waals surface area contributed by atoms with E-state index in [-0.39, 0.29) is 6.04 Å². The Labute approximate surface area is 125 Å². The van der Waals surface area contributed by atoms with E-state index in [1.807, 2.05) is 18.2 Å². The zero-order valence-electron chi connectivity index (χ0n) is 12.4. The van der Waals surface area contributed by atoms with Gasteiger partial charge in [-0.25, -0.2) is 4.79 Å². The third kappa shape index (κ3) is 4.57. The first-order valence-corrected chi connectivity index (χ1v) is 7.17. The molecule has 1 aromatic rings. The second kappa shape index (κ2) is 7.34. The molecule has 0 bridgehead atoms. The van der Waals surface area contributed by atoms with Crippen LogP contribution in [0.3, 0.4) is 0 Å². The molecule has 0 amide bonds. The van der Waals surface area contributed by atoms with Crippen LogP contribution in [0.25, 0.3) is 6.08 Å². The molecule has 0 radical (unpaired) electrons. The molecule has 0 saturated heterocycles. The fourth-order valence-corrected chi connectivity index (χ4v) is 2.37. The van der Waals surface area contributed by atoms with Gasteiger partial charge in [0, 0.05) is 18.7 Å². The Morgan fingerprint density at radius 1 is 1.35 bits per heavy atom. The van der Waals surface area contributed by atoms with Gasteiger partial charge in [0.2, 0.25) is 0 Å². The molecule has 0 heterocycles. The van der Waals surface area contributed by atoms with E-state index in [0.717, 1.165) is 23.9 Å². The van der Waals surface area contributed by atoms with Gasteiger partial charge in [0.1, 0.15) is 0 Å². The van der Waals surface area contributed by atoms with Gasteiger partial charge in [-0.2, -0.15) is 0 Å². The Morgan fingerprint density at radius 3 is 2.50 bits per heavy atom. The normalized spacial score (nSPS) is 11.6. The van der Waals surface area contributed by atoms with Gasteiger partial charge >= 0.3 is 5.97 Å². The summed E-state index contributed by atoms with van der Waals surface area (Å²) in [5, 5.41) is 9.44. The summed E-state index contributed by atoms with van der Waals surface area (Å²) in [5.41, 5.74) is 1.73. The maximum absolute atomic E-state index is 10.7. The number of halogens is 1. The van der Waals surface area contributed by atoms with E-state index in [1.54, 1.807) is 6.08 Å². The number of carbonyl (C=O) groups is 1. The van der Waals surface area contributed by atoms with Crippen molar-refractivity contribution >= 4 is 29.3 Å². The fraction of sp³-hybridized carbons (Fsp3) is 0.438. The average Bonchev–Trinajstić information content (AvgIpc) is 2.33. The Kier molecular flexibility index (Phi) is 6.08. The molecule has 110 valence electrons. The first kappa shape index (κ1) is 16.6. The Hall–Kier alpha value is -1.48. The average molecular weight is 296 g/mol. The highest BCUT2D eigenvalue weighted by Gasteiger charge is 2.17. The predicted octanol–water partition coefficient (Wildman–Crippen LogP) is 4.31. The van der Waals surface area contributed by atoms with Gasteiger partial charge in [0.25, 0.3) is 0 Å². The number of carboxylic acids is 1. The summed E-state index contributed by atoms with van der Waals surface area (Å²) in [6.07, 6.45) is 2.74. The lowest BCUT2D eigenvalue weighted by atomic mass is 10.1. The zero-order chi connectivity index (χ0) is 15.3. The van der Waals surface area contributed by atoms with Crippen LogP contribution in [-0.4, -0.2) is 23.7 Å². The van der Waals surface area contributed by atoms with Gasteiger partial charge in [-0.05, 0) is 37.5 Å². The van der Waals surface area contributed by atoms with Crippen LogP contribution in [0.4, 0.5) is 5.69 Å². The second-order valence-corrected chi connectivity index (χ2v) is 5.90. The summed E-state index contributed by atoms with van der Waals surface area (Å²) >= 11 is 6.34. The Bertz CT molecular complexity index is 495. The molecule has 4 heteroatoms. The largest absolute Gasteiger partial charge is 0.478 e. The van der Waals surface area contributed by atoms with Crippen molar-refractivity contribution in [2.45, 2.75) is 33.7 Å². The number of aliphatic carboxylic acids is 1. The van der Waals surface area contributed by atoms with Crippen LogP contribution in [0, 0.1) is 5.92 Å². The first-order chi connectivity index (χ1) is 9.32. The fourth-order valence-electron chi connectivity index (χ4n) is 2.08. The van der Waals surface area contributed by atoms with Crippen molar-refractivity contribution in [2.24, 2.45) is 5.92 Å². The lowest BCUT2D eigenvalue weighted by Gasteiger charge is -2.32. The topological polar surface area (TPSA) is 40.5 Å². The minimum absolute atomic E-state index is 0.286. The zero-order valence-corrected chi connectivity index (χ0v) is 13.2. The van der Waals surface area contributed by atoms with E-state index in [9.17, 15) is 4.79 Å². The molecule has 0 aliphatic heterocycles. The van der Waals surface area contributed by atoms with E-state index in [0.29, 0.717) is 10.9 Å². The highest BCUT2D eigenvalue weighted by atomic mass is 35.5. The number of nitrogens with zero attached hydrogens (tertiary/aromatic N) is 1. The predicted molar refractivity (Wildman–Crippen MR) is 85.4 cm³/mol. The summed E-state index contributed by atoms with van der Waals surface area (Å²) in [4.78, 5) is 12.9. The molecule has 20 heavy (non-hydrogen) atoms. The van der Waals surface area contributed by atoms with E-state index in [2.05, 4.69) is 32.6 Å². The van der Waals surface area contributed by atoms with E-state index < -0.39 is 5.97 Å². The van der Waals surface area contributed by atoms with Crippen LogP contribution in [0.5, 0.6) is 0 Å². The van der Waals surface area contributed by atoms with Crippen LogP contribution in [-0.2, 0) is 4.79 Å². The van der Waals surface area contributed by atoms with Crippen molar-refractivity contribution in [3.8, 4) is 0 Å². The molecule has 3 nitrogen and oxygen atoms in total. The van der Waals surface area contributed by atoms with Crippen molar-refractivity contribution in [1.29, 1.82) is 0 Å². The number of anilines is 1. The number of benzene rings is 1. The van der Waals surface area contributed by atoms with Crippen LogP contribution in [0.1, 0.15) is 33.3 Å². The van der Waals surface area contributed by atoms with Crippen molar-refractivity contribution in [3.63, 3.8) is 0 Å². The molecule has 0 fully saturated rings. The lowest BCUT2D eigenvalue weighted by Crippen LogP contribution is -2.34. The molecule has 0 spiro atoms. The number of hydrogen-bond acceptors (Lipinski definition) is 2. The van der Waals surface area contributed by atoms with Crippen LogP contribution >= 0.6 is 11.6 Å². The number of para-hydroxylation sites is 1. The molecule has 0 atom stereocenters. The summed E-state index contributed by atoms with van der Waals surface area (Å²) in [6.45, 7) is 9.39. The van der Waals surface area contributed by atoms with Gasteiger partial charge in [-0.1, -0.05) is 37.6 Å². The SMILES string of the molecule is CC(C)CN(c1c(Cl)cccc1/C=C/C(=O)O)C(C)C. The minimum atomic E-state index is -0.962. The number of rotatable bonds is 6. The maximum atomic E-state index is 10.7. The molecule has 1 rings (SSSR count). The quantitative estimate of drug-likeness (QED) is 0.795. The molecule has 1 aromatic carbocycles. The summed E-state index contributed by atoms with van der Waals surface area (Å²) < 4.78 is 0. The third-order valence-electron chi connectivity index (χ3n) is 2.90. The van der Waals surface area contributed by atoms with E-state index in [1.165, 1.54) is 0 Å². The van der Waals surface area contributed by atoms with Crippen molar-refractivity contribution in [3.05, 3.63) is 34.9 Å². The molecule has 0 aliphatic rings. The van der Waals surface area contributed by atoms with Gasteiger partial charge in [-0.15, -0.1) is 0 Å². The monoisotopic (exact) mass is 295 g/mol. The number of hydrogen-bond donors (Lipinski definition) is 1. The molecule has 0 saturated carbocycles. The highest BCUT2D eigenvalue weighted by Crippen LogP contribution is 2.32. The van der Waals surface area contributed by atoms with Crippen molar-refractivity contribution in [2.75, 3.05) is 11.4 Å². The van der Waals surface area contributed by atoms with Crippen molar-refractivity contribution in [1.82, 2.24) is 0 Å². The van der Waals surface area contributed by atoms with Crippen LogP contribution in [0.2, 0.25) is 5.02 Å². The summed E-state index contributed by atoms with van der Waals surface area (Å²) in [5.74, 6) is -0.471. The van der Waals surface area contributed by atoms with E-state index >= 15 is 0 Å². The molecule has 0 aromatic heterocycles. The minimum Gasteiger partial charge on any atom is -0.478 e. The van der Waals surface area contributed by atoms with Crippen LogP contribution in [0.15, 0.2) is 24.3 Å². The van der Waals surface area contributed by atoms with E-state index in [4.69, 9.17) is 16.7 Å². The number of carboxylic acid groups (broad SMARTS) is 1. The van der Waals surface area contributed by atoms with Crippen LogP contribution < -0.4 is 4.90 Å². The van der Waals surface area contributed by atoms with Gasteiger partial charge in [0.05, 0.1) is 10.7 Å². The molecular weight excluding hydrogens is 274 g/mol. The van der Waals surface area contributed by atoms with Gasteiger partial charge in [-0.3, -0.25) is 0 Å². The standard InChI is InChI=1S/C16H22ClNO2/c1-11(2)10-18(12(3)4)16-13(8-9-15(19)20)6-5-7-14(16)17/h5-9,11-12H,10H2,1-4H3,(H,19,20)/b9-8+. The Balaban J connectivity index is 3.28. The van der Waals surface area contributed by atoms with Crippen molar-refractivity contribution < 1.29 is 9.90 Å². The molecule has 0 aliphatic carbocycles. The summed E-state index contributed by atoms with van der Waals surface area (Å²) in [7, 11) is 0. The molecule has 0 unspecified atom stereocenters. The van der Waals surface area contributed by atoms with Gasteiger partial charge < -0.3 is 10.0 Å². The Morgan fingerprint density at radius 2 is 2.00 bits per heavy atom. The first-order valence-electron chi connectivity index (χ1n) is 6.79. The third-order valence-corrected chi connectivity index (χ3v) is 3.20. The van der Waals surface area contributed by atoms with Gasteiger partial charge in [0.15, 0.2) is 0 Å². The lowest BCUT2D eigenvalue weighted by molar-refractivity contribution is -0.131. The highest BCUT2D eigenvalue weighted by molar-refractivity contribution is 6.33. The molecule has 1 N–H and O–H groups in total. The molecular formula is C16H22ClNO2.